The molecule has 1 N–H and O–H groups in total. The lowest BCUT2D eigenvalue weighted by Crippen LogP contribution is -2.66. The van der Waals surface area contributed by atoms with Gasteiger partial charge in [-0.1, -0.05) is 25.1 Å². The maximum Gasteiger partial charge on any atom is 0.420 e. The number of benzene rings is 2. The summed E-state index contributed by atoms with van der Waals surface area (Å²) in [6.07, 6.45) is -11.5. The molecule has 0 saturated carbocycles. The first kappa shape index (κ1) is 27.9. The highest BCUT2D eigenvalue weighted by molar-refractivity contribution is 7.91. The number of halogens is 6. The van der Waals surface area contributed by atoms with Crippen LogP contribution in [-0.4, -0.2) is 63.6 Å². The Bertz CT molecular complexity index is 1190. The fourth-order valence-electron chi connectivity index (χ4n) is 4.24. The summed E-state index contributed by atoms with van der Waals surface area (Å²) < 4.78 is 116. The third-order valence-electron chi connectivity index (χ3n) is 5.96. The molecule has 1 aliphatic rings. The van der Waals surface area contributed by atoms with Gasteiger partial charge in [0.2, 0.25) is 11.4 Å². The summed E-state index contributed by atoms with van der Waals surface area (Å²) in [5.41, 5.74) is -5.46. The number of nitrogens with one attached hydrogen (secondary N) is 1. The number of hydrogen-bond acceptors (Lipinski definition) is 5. The van der Waals surface area contributed by atoms with Crippen LogP contribution in [0.2, 0.25) is 0 Å². The maximum absolute atomic E-state index is 14.5. The fourth-order valence-corrected chi connectivity index (χ4v) is 5.13. The predicted octanol–water partition coefficient (Wildman–Crippen LogP) is 4.76. The van der Waals surface area contributed by atoms with Gasteiger partial charge >= 0.3 is 12.4 Å². The molecule has 2 aromatic carbocycles. The fraction of sp³-hybridized carbons (Fsp3) is 0.435. The molecule has 0 aliphatic carbocycles. The first-order valence-electron chi connectivity index (χ1n) is 10.9. The average molecular weight is 539 g/mol. The summed E-state index contributed by atoms with van der Waals surface area (Å²) >= 11 is 0. The molecule has 198 valence electrons. The smallest absolute Gasteiger partial charge is 0.379 e. The highest BCUT2D eigenvalue weighted by atomic mass is 32.2. The van der Waals surface area contributed by atoms with Gasteiger partial charge in [0.1, 0.15) is 0 Å². The number of carbonyl (C=O) groups is 1. The van der Waals surface area contributed by atoms with Gasteiger partial charge < -0.3 is 10.1 Å². The van der Waals surface area contributed by atoms with E-state index in [4.69, 9.17) is 4.74 Å². The molecule has 1 aliphatic heterocycles. The minimum Gasteiger partial charge on any atom is -0.379 e. The summed E-state index contributed by atoms with van der Waals surface area (Å²) in [5, 5.41) is 2.41. The normalized spacial score (nSPS) is 16.1. The van der Waals surface area contributed by atoms with E-state index in [1.165, 1.54) is 31.2 Å². The zero-order chi connectivity index (χ0) is 26.9. The highest BCUT2D eigenvalue weighted by Crippen LogP contribution is 2.55. The summed E-state index contributed by atoms with van der Waals surface area (Å²) in [5.74, 6) is -0.793. The number of anilines is 1. The van der Waals surface area contributed by atoms with Crippen LogP contribution in [0.3, 0.4) is 0 Å². The van der Waals surface area contributed by atoms with E-state index in [9.17, 15) is 39.6 Å². The monoisotopic (exact) mass is 538 g/mol. The number of nitrogens with zero attached hydrogens (tertiary/aromatic N) is 1. The van der Waals surface area contributed by atoms with E-state index in [0.29, 0.717) is 11.0 Å². The molecule has 6 nitrogen and oxygen atoms in total. The molecule has 0 bridgehead atoms. The first-order valence-corrected chi connectivity index (χ1v) is 12.5. The Morgan fingerprint density at radius 2 is 1.53 bits per heavy atom. The van der Waals surface area contributed by atoms with Crippen molar-refractivity contribution in [1.82, 2.24) is 4.90 Å². The van der Waals surface area contributed by atoms with Crippen molar-refractivity contribution in [3.63, 3.8) is 0 Å². The average Bonchev–Trinajstić information content (AvgIpc) is 2.79. The van der Waals surface area contributed by atoms with Crippen LogP contribution in [0.4, 0.5) is 32.0 Å². The molecule has 0 radical (unpaired) electrons. The number of sulfone groups is 1. The minimum atomic E-state index is -5.76. The Kier molecular flexibility index (Phi) is 7.78. The molecule has 0 aromatic heterocycles. The van der Waals surface area contributed by atoms with Crippen LogP contribution < -0.4 is 5.32 Å². The van der Waals surface area contributed by atoms with Gasteiger partial charge in [0, 0.05) is 31.3 Å². The second-order valence-corrected chi connectivity index (χ2v) is 10.5. The molecule has 1 heterocycles. The van der Waals surface area contributed by atoms with Crippen molar-refractivity contribution in [2.75, 3.05) is 37.4 Å². The third-order valence-corrected chi connectivity index (χ3v) is 7.71. The summed E-state index contributed by atoms with van der Waals surface area (Å²) in [4.78, 5) is 12.0. The molecule has 2 aromatic rings. The molecule has 1 fully saturated rings. The Morgan fingerprint density at radius 3 is 2.00 bits per heavy atom. The van der Waals surface area contributed by atoms with E-state index in [1.807, 2.05) is 0 Å². The molecule has 13 heteroatoms. The minimum absolute atomic E-state index is 0.0300. The lowest BCUT2D eigenvalue weighted by atomic mass is 9.83. The Morgan fingerprint density at radius 1 is 0.972 bits per heavy atom. The highest BCUT2D eigenvalue weighted by Gasteiger charge is 2.74. The van der Waals surface area contributed by atoms with Crippen LogP contribution in [0.25, 0.3) is 11.1 Å². The summed E-state index contributed by atoms with van der Waals surface area (Å²) in [6, 6.07) is 7.37. The van der Waals surface area contributed by atoms with Crippen molar-refractivity contribution in [3.05, 3.63) is 48.0 Å². The van der Waals surface area contributed by atoms with E-state index in [2.05, 4.69) is 5.32 Å². The second kappa shape index (κ2) is 10.0. The number of morpholine rings is 1. The van der Waals surface area contributed by atoms with Gasteiger partial charge in [-0.15, -0.1) is 0 Å². The van der Waals surface area contributed by atoms with Crippen LogP contribution in [0.1, 0.15) is 19.4 Å². The molecule has 1 saturated heterocycles. The van der Waals surface area contributed by atoms with Crippen LogP contribution in [0.5, 0.6) is 0 Å². The molecule has 3 rings (SSSR count). The topological polar surface area (TPSA) is 75.7 Å². The molecule has 0 unspecified atom stereocenters. The van der Waals surface area contributed by atoms with Crippen LogP contribution in [0, 0.1) is 0 Å². The number of rotatable bonds is 6. The van der Waals surface area contributed by atoms with E-state index in [0.717, 1.165) is 19.1 Å². The Hall–Kier alpha value is -2.64. The quantitative estimate of drug-likeness (QED) is 0.537. The van der Waals surface area contributed by atoms with Crippen molar-refractivity contribution < 1.29 is 44.3 Å². The van der Waals surface area contributed by atoms with Crippen molar-refractivity contribution in [1.29, 1.82) is 0 Å². The third kappa shape index (κ3) is 5.09. The van der Waals surface area contributed by atoms with Gasteiger partial charge in [-0.05, 0) is 35.4 Å². The molecule has 1 amide bonds. The second-order valence-electron chi connectivity index (χ2n) is 8.17. The van der Waals surface area contributed by atoms with Gasteiger partial charge in [0.25, 0.3) is 0 Å². The van der Waals surface area contributed by atoms with Crippen molar-refractivity contribution in [3.8, 4) is 11.1 Å². The number of hydrogen-bond donors (Lipinski definition) is 1. The zero-order valence-electron chi connectivity index (χ0n) is 19.3. The molecule has 0 spiro atoms. The maximum atomic E-state index is 14.5. The van der Waals surface area contributed by atoms with Crippen LogP contribution in [0.15, 0.2) is 47.4 Å². The van der Waals surface area contributed by atoms with Crippen molar-refractivity contribution in [2.24, 2.45) is 0 Å². The molecular weight excluding hydrogens is 514 g/mol. The molecule has 0 atom stereocenters. The van der Waals surface area contributed by atoms with Gasteiger partial charge in [-0.3, -0.25) is 9.69 Å². The zero-order valence-corrected chi connectivity index (χ0v) is 20.1. The summed E-state index contributed by atoms with van der Waals surface area (Å²) in [7, 11) is -3.60. The molecular formula is C23H24F6N2O4S. The lowest BCUT2D eigenvalue weighted by Gasteiger charge is -2.47. The number of ether oxygens (including phenoxy) is 1. The van der Waals surface area contributed by atoms with Crippen LogP contribution >= 0.6 is 0 Å². The number of carbonyl (C=O) groups excluding carboxylic acids is 1. The Balaban J connectivity index is 2.29. The number of alkyl halides is 6. The van der Waals surface area contributed by atoms with E-state index in [1.54, 1.807) is 0 Å². The standard InChI is InChI=1S/C23H24F6N2O4S/c1-3-36(33,34)18-7-4-16(5-8-18)19-14-17(6-9-20(19)30-15(2)32)21(22(24,25)26,23(27,28)29)31-10-12-35-13-11-31/h4-9,14H,3,10-13H2,1-2H3,(H,30,32). The number of amides is 1. The predicted molar refractivity (Wildman–Crippen MR) is 120 cm³/mol. The van der Waals surface area contributed by atoms with Crippen molar-refractivity contribution >= 4 is 21.4 Å². The Labute approximate surface area is 204 Å². The first-order chi connectivity index (χ1) is 16.6. The van der Waals surface area contributed by atoms with Gasteiger partial charge in [-0.25, -0.2) is 8.42 Å². The summed E-state index contributed by atoms with van der Waals surface area (Å²) in [6.45, 7) is 0.742. The van der Waals surface area contributed by atoms with E-state index >= 15 is 0 Å². The largest absolute Gasteiger partial charge is 0.420 e. The van der Waals surface area contributed by atoms with Gasteiger partial charge in [0.15, 0.2) is 9.84 Å². The van der Waals surface area contributed by atoms with Crippen LogP contribution in [-0.2, 0) is 24.9 Å². The van der Waals surface area contributed by atoms with E-state index < -0.39 is 52.3 Å². The van der Waals surface area contributed by atoms with Gasteiger partial charge in [0.05, 0.1) is 23.9 Å². The van der Waals surface area contributed by atoms with E-state index in [-0.39, 0.29) is 40.7 Å². The lowest BCUT2D eigenvalue weighted by molar-refractivity contribution is -0.353. The van der Waals surface area contributed by atoms with Gasteiger partial charge in [-0.2, -0.15) is 26.3 Å². The van der Waals surface area contributed by atoms with Crippen molar-refractivity contribution in [2.45, 2.75) is 36.6 Å². The SMILES string of the molecule is CCS(=O)(=O)c1ccc(-c2cc(C(N3CCOCC3)(C(F)(F)F)C(F)(F)F)ccc2NC(C)=O)cc1. The molecule has 36 heavy (non-hydrogen) atoms.